The molecule has 0 bridgehead atoms. The molecule has 3 N–H and O–H groups in total. The Hall–Kier alpha value is -1.11. The molecule has 1 atom stereocenters. The van der Waals surface area contributed by atoms with Gasteiger partial charge in [-0.1, -0.05) is 13.8 Å². The minimum absolute atomic E-state index is 0.00815. The molecule has 0 aromatic rings. The molecule has 110 valence electrons. The molecule has 0 unspecified atom stereocenters. The zero-order valence-electron chi connectivity index (χ0n) is 11.3. The highest BCUT2D eigenvalue weighted by Crippen LogP contribution is 2.09. The average molecular weight is 290 g/mol. The predicted molar refractivity (Wildman–Crippen MR) is 73.4 cm³/mol. The van der Waals surface area contributed by atoms with Gasteiger partial charge in [-0.05, 0) is 25.2 Å². The van der Waals surface area contributed by atoms with E-state index in [2.05, 4.69) is 10.6 Å². The number of amides is 2. The zero-order valence-corrected chi connectivity index (χ0v) is 12.2. The van der Waals surface area contributed by atoms with E-state index >= 15 is 0 Å². The summed E-state index contributed by atoms with van der Waals surface area (Å²) in [6, 6.07) is -1.32. The van der Waals surface area contributed by atoms with E-state index in [9.17, 15) is 13.8 Å². The third-order valence-electron chi connectivity index (χ3n) is 3.03. The van der Waals surface area contributed by atoms with Gasteiger partial charge in [0.05, 0.1) is 0 Å². The van der Waals surface area contributed by atoms with Crippen LogP contribution in [0.15, 0.2) is 0 Å². The van der Waals surface area contributed by atoms with Gasteiger partial charge in [0.15, 0.2) is 0 Å². The molecule has 0 aromatic heterocycles. The number of nitrogens with one attached hydrogen (secondary N) is 2. The Morgan fingerprint density at radius 1 is 1.32 bits per heavy atom. The van der Waals surface area contributed by atoms with E-state index in [1.165, 1.54) is 0 Å². The second-order valence-electron chi connectivity index (χ2n) is 5.26. The quantitative estimate of drug-likeness (QED) is 0.694. The Morgan fingerprint density at radius 2 is 1.89 bits per heavy atom. The maximum Gasteiger partial charge on any atom is 0.326 e. The summed E-state index contributed by atoms with van der Waals surface area (Å²) in [5.74, 6) is 0.366. The van der Waals surface area contributed by atoms with Crippen LogP contribution in [-0.4, -0.2) is 44.9 Å². The molecule has 0 radical (unpaired) electrons. The molecule has 7 heteroatoms. The van der Waals surface area contributed by atoms with Crippen molar-refractivity contribution in [3.05, 3.63) is 0 Å². The maximum atomic E-state index is 11.7. The van der Waals surface area contributed by atoms with Crippen molar-refractivity contribution in [3.8, 4) is 0 Å². The van der Waals surface area contributed by atoms with Crippen molar-refractivity contribution in [1.82, 2.24) is 10.6 Å². The molecular weight excluding hydrogens is 268 g/mol. The van der Waals surface area contributed by atoms with Gasteiger partial charge in [-0.15, -0.1) is 0 Å². The molecule has 1 saturated heterocycles. The number of carboxylic acids is 1. The van der Waals surface area contributed by atoms with Crippen molar-refractivity contribution >= 4 is 22.8 Å². The number of urea groups is 1. The van der Waals surface area contributed by atoms with Crippen LogP contribution in [0.3, 0.4) is 0 Å². The highest BCUT2D eigenvalue weighted by atomic mass is 32.2. The molecule has 0 spiro atoms. The summed E-state index contributed by atoms with van der Waals surface area (Å²) in [5, 5.41) is 14.3. The molecule has 2 amide bonds. The maximum absolute atomic E-state index is 11.7. The summed E-state index contributed by atoms with van der Waals surface area (Å²) in [6.45, 7) is 3.82. The number of hydrogen-bond acceptors (Lipinski definition) is 3. The first-order chi connectivity index (χ1) is 8.88. The minimum atomic E-state index is -1.02. The highest BCUT2D eigenvalue weighted by Gasteiger charge is 2.24. The summed E-state index contributed by atoms with van der Waals surface area (Å²) >= 11 is 0. The normalized spacial score (nSPS) is 24.8. The van der Waals surface area contributed by atoms with Gasteiger partial charge in [0, 0.05) is 28.3 Å². The minimum Gasteiger partial charge on any atom is -0.480 e. The van der Waals surface area contributed by atoms with Crippen molar-refractivity contribution in [3.63, 3.8) is 0 Å². The number of hydrogen-bond donors (Lipinski definition) is 3. The van der Waals surface area contributed by atoms with Crippen LogP contribution in [0.25, 0.3) is 0 Å². The van der Waals surface area contributed by atoms with E-state index in [1.54, 1.807) is 0 Å². The lowest BCUT2D eigenvalue weighted by molar-refractivity contribution is -0.139. The van der Waals surface area contributed by atoms with Crippen LogP contribution < -0.4 is 10.6 Å². The van der Waals surface area contributed by atoms with Gasteiger partial charge in [-0.2, -0.15) is 0 Å². The second-order valence-corrected chi connectivity index (χ2v) is 6.96. The van der Waals surface area contributed by atoms with Gasteiger partial charge in [-0.3, -0.25) is 4.21 Å². The van der Waals surface area contributed by atoms with E-state index < -0.39 is 28.8 Å². The average Bonchev–Trinajstić information content (AvgIpc) is 2.30. The van der Waals surface area contributed by atoms with Crippen LogP contribution in [0.1, 0.15) is 33.1 Å². The number of carbonyl (C=O) groups excluding carboxylic acids is 1. The number of aliphatic carboxylic acids is 1. The SMILES string of the molecule is CC(C)C[C@@H](NC(=O)NC1CCS(=O)CC1)C(=O)O. The third kappa shape index (κ3) is 6.04. The molecule has 1 aliphatic rings. The molecule has 19 heavy (non-hydrogen) atoms. The smallest absolute Gasteiger partial charge is 0.326 e. The van der Waals surface area contributed by atoms with Gasteiger partial charge >= 0.3 is 12.0 Å². The molecule has 1 heterocycles. The first-order valence-corrected chi connectivity index (χ1v) is 8.02. The standard InChI is InChI=1S/C12H22N2O4S/c1-8(2)7-10(11(15)16)14-12(17)13-9-3-5-19(18)6-4-9/h8-10H,3-7H2,1-2H3,(H,15,16)(H2,13,14,17)/t9?,10-,19?/m1/s1. The van der Waals surface area contributed by atoms with Crippen LogP contribution in [0.2, 0.25) is 0 Å². The lowest BCUT2D eigenvalue weighted by atomic mass is 10.0. The molecular formula is C12H22N2O4S. The summed E-state index contributed by atoms with van der Waals surface area (Å²) in [7, 11) is -0.767. The summed E-state index contributed by atoms with van der Waals surface area (Å²) in [6.07, 6.45) is 1.77. The Kier molecular flexibility index (Phi) is 6.27. The van der Waals surface area contributed by atoms with E-state index in [0.29, 0.717) is 30.8 Å². The van der Waals surface area contributed by atoms with Crippen molar-refractivity contribution in [1.29, 1.82) is 0 Å². The van der Waals surface area contributed by atoms with E-state index in [4.69, 9.17) is 5.11 Å². The fourth-order valence-electron chi connectivity index (χ4n) is 2.02. The monoisotopic (exact) mass is 290 g/mol. The van der Waals surface area contributed by atoms with Gasteiger partial charge in [0.1, 0.15) is 6.04 Å². The summed E-state index contributed by atoms with van der Waals surface area (Å²) in [5.41, 5.74) is 0. The van der Waals surface area contributed by atoms with Crippen LogP contribution >= 0.6 is 0 Å². The molecule has 6 nitrogen and oxygen atoms in total. The summed E-state index contributed by atoms with van der Waals surface area (Å²) < 4.78 is 11.2. The van der Waals surface area contributed by atoms with Crippen LogP contribution in [-0.2, 0) is 15.6 Å². The lowest BCUT2D eigenvalue weighted by Gasteiger charge is -2.24. The Bertz CT molecular complexity index is 350. The topological polar surface area (TPSA) is 95.5 Å². The number of rotatable bonds is 5. The van der Waals surface area contributed by atoms with Crippen molar-refractivity contribution < 1.29 is 18.9 Å². The zero-order chi connectivity index (χ0) is 14.4. The lowest BCUT2D eigenvalue weighted by Crippen LogP contribution is -2.50. The predicted octanol–water partition coefficient (Wildman–Crippen LogP) is 0.696. The molecule has 0 saturated carbocycles. The first kappa shape index (κ1) is 15.9. The molecule has 0 aromatic carbocycles. The Labute approximate surface area is 115 Å². The number of carboxylic acid groups (broad SMARTS) is 1. The van der Waals surface area contributed by atoms with Gasteiger partial charge in [0.2, 0.25) is 0 Å². The third-order valence-corrected chi connectivity index (χ3v) is 4.42. The van der Waals surface area contributed by atoms with E-state index in [1.807, 2.05) is 13.8 Å². The van der Waals surface area contributed by atoms with Gasteiger partial charge < -0.3 is 15.7 Å². The fraction of sp³-hybridized carbons (Fsp3) is 0.833. The Morgan fingerprint density at radius 3 is 2.37 bits per heavy atom. The van der Waals surface area contributed by atoms with E-state index in [-0.39, 0.29) is 12.0 Å². The molecule has 1 aliphatic heterocycles. The van der Waals surface area contributed by atoms with Gasteiger partial charge in [-0.25, -0.2) is 9.59 Å². The van der Waals surface area contributed by atoms with E-state index in [0.717, 1.165) is 0 Å². The van der Waals surface area contributed by atoms with Crippen LogP contribution in [0, 0.1) is 5.92 Å². The largest absolute Gasteiger partial charge is 0.480 e. The fourth-order valence-corrected chi connectivity index (χ4v) is 3.32. The second kappa shape index (κ2) is 7.47. The molecule has 0 aliphatic carbocycles. The Balaban J connectivity index is 2.40. The summed E-state index contributed by atoms with van der Waals surface area (Å²) in [4.78, 5) is 22.8. The number of carbonyl (C=O) groups is 2. The van der Waals surface area contributed by atoms with Crippen molar-refractivity contribution in [2.75, 3.05) is 11.5 Å². The first-order valence-electron chi connectivity index (χ1n) is 6.53. The van der Waals surface area contributed by atoms with Crippen LogP contribution in [0.5, 0.6) is 0 Å². The molecule has 1 rings (SSSR count). The van der Waals surface area contributed by atoms with Gasteiger partial charge in [0.25, 0.3) is 0 Å². The van der Waals surface area contributed by atoms with Crippen molar-refractivity contribution in [2.24, 2.45) is 5.92 Å². The highest BCUT2D eigenvalue weighted by molar-refractivity contribution is 7.85. The molecule has 1 fully saturated rings. The van der Waals surface area contributed by atoms with Crippen molar-refractivity contribution in [2.45, 2.75) is 45.2 Å². The van der Waals surface area contributed by atoms with Crippen LogP contribution in [0.4, 0.5) is 4.79 Å².